The van der Waals surface area contributed by atoms with E-state index < -0.39 is 5.03 Å². The summed E-state index contributed by atoms with van der Waals surface area (Å²) < 4.78 is 5.16. The number of guanidine groups is 1. The van der Waals surface area contributed by atoms with Gasteiger partial charge in [0.05, 0.1) is 6.61 Å². The third-order valence-corrected chi connectivity index (χ3v) is 2.05. The van der Waals surface area contributed by atoms with E-state index in [1.807, 2.05) is 5.43 Å². The molecule has 1 aliphatic heterocycles. The summed E-state index contributed by atoms with van der Waals surface area (Å²) in [6, 6.07) is 0. The molecule has 1 unspecified atom stereocenters. The van der Waals surface area contributed by atoms with Crippen LogP contribution in [0.3, 0.4) is 0 Å². The van der Waals surface area contributed by atoms with Crippen LogP contribution in [0.1, 0.15) is 6.42 Å². The van der Waals surface area contributed by atoms with Gasteiger partial charge >= 0.3 is 0 Å². The van der Waals surface area contributed by atoms with Gasteiger partial charge in [0.1, 0.15) is 0 Å². The van der Waals surface area contributed by atoms with E-state index in [1.54, 1.807) is 0 Å². The van der Waals surface area contributed by atoms with Crippen molar-refractivity contribution >= 4 is 5.96 Å². The number of nitrogens with two attached hydrogens (primary N) is 1. The summed E-state index contributed by atoms with van der Waals surface area (Å²) in [6.07, 6.45) is 0.934. The lowest BCUT2D eigenvalue weighted by Gasteiger charge is -2.12. The monoisotopic (exact) mass is 217 g/mol. The normalized spacial score (nSPS) is 21.5. The van der Waals surface area contributed by atoms with E-state index in [9.17, 15) is 10.1 Å². The molecule has 1 saturated heterocycles. The molecule has 1 rings (SSSR count). The molecule has 0 amide bonds. The van der Waals surface area contributed by atoms with Crippen LogP contribution in [0.2, 0.25) is 0 Å². The van der Waals surface area contributed by atoms with Gasteiger partial charge in [-0.15, -0.1) is 0 Å². The quantitative estimate of drug-likeness (QED) is 0.206. The predicted octanol–water partition coefficient (Wildman–Crippen LogP) is -1.03. The van der Waals surface area contributed by atoms with Crippen LogP contribution in [0.15, 0.2) is 4.99 Å². The number of ether oxygens (including phenoxy) is 1. The Morgan fingerprint density at radius 3 is 3.07 bits per heavy atom. The summed E-state index contributed by atoms with van der Waals surface area (Å²) >= 11 is 0. The third-order valence-electron chi connectivity index (χ3n) is 2.05. The van der Waals surface area contributed by atoms with Crippen LogP contribution < -0.4 is 11.3 Å². The highest BCUT2D eigenvalue weighted by Gasteiger charge is 2.16. The van der Waals surface area contributed by atoms with Gasteiger partial charge in [0.15, 0.2) is 5.03 Å². The van der Waals surface area contributed by atoms with Gasteiger partial charge in [-0.3, -0.25) is 5.01 Å². The number of nitro groups is 1. The van der Waals surface area contributed by atoms with Crippen LogP contribution >= 0.6 is 0 Å². The molecule has 0 radical (unpaired) electrons. The molecule has 0 bridgehead atoms. The van der Waals surface area contributed by atoms with Crippen molar-refractivity contribution in [2.24, 2.45) is 16.8 Å². The molecule has 1 atom stereocenters. The lowest BCUT2D eigenvalue weighted by Crippen LogP contribution is -2.45. The zero-order valence-corrected chi connectivity index (χ0v) is 8.55. The summed E-state index contributed by atoms with van der Waals surface area (Å²) in [7, 11) is 1.49. The molecule has 3 N–H and O–H groups in total. The fourth-order valence-electron chi connectivity index (χ4n) is 1.25. The second-order valence-electron chi connectivity index (χ2n) is 3.37. The maximum Gasteiger partial charge on any atom is 0.270 e. The Labute approximate surface area is 87.2 Å². The van der Waals surface area contributed by atoms with Crippen molar-refractivity contribution < 1.29 is 9.77 Å². The molecule has 1 aliphatic rings. The third kappa shape index (κ3) is 4.09. The van der Waals surface area contributed by atoms with Crippen LogP contribution in [0, 0.1) is 16.0 Å². The first-order valence-electron chi connectivity index (χ1n) is 4.61. The molecule has 1 fully saturated rings. The average molecular weight is 217 g/mol. The zero-order chi connectivity index (χ0) is 11.3. The highest BCUT2D eigenvalue weighted by molar-refractivity contribution is 5.77. The van der Waals surface area contributed by atoms with E-state index in [-0.39, 0.29) is 5.96 Å². The molecule has 0 spiro atoms. The van der Waals surface area contributed by atoms with Crippen molar-refractivity contribution in [3.63, 3.8) is 0 Å². The van der Waals surface area contributed by atoms with Gasteiger partial charge in [-0.25, -0.2) is 20.9 Å². The minimum Gasteiger partial charge on any atom is -0.381 e. The maximum atomic E-state index is 10.2. The van der Waals surface area contributed by atoms with Gasteiger partial charge < -0.3 is 4.74 Å². The molecular formula is C7H15N5O3. The second kappa shape index (κ2) is 5.47. The fraction of sp³-hybridized carbons (Fsp3) is 0.857. The second-order valence-corrected chi connectivity index (χ2v) is 3.37. The van der Waals surface area contributed by atoms with Crippen LogP contribution in [0.4, 0.5) is 0 Å². The molecule has 0 saturated carbocycles. The number of nitrogens with zero attached hydrogens (tertiary/aromatic N) is 3. The van der Waals surface area contributed by atoms with Crippen molar-refractivity contribution in [2.75, 3.05) is 26.8 Å². The Morgan fingerprint density at radius 2 is 2.60 bits per heavy atom. The van der Waals surface area contributed by atoms with Gasteiger partial charge in [0.2, 0.25) is 0 Å². The van der Waals surface area contributed by atoms with Crippen LogP contribution in [-0.4, -0.2) is 42.8 Å². The number of hydrogen-bond acceptors (Lipinski definition) is 5. The van der Waals surface area contributed by atoms with Crippen molar-refractivity contribution in [1.29, 1.82) is 0 Å². The zero-order valence-electron chi connectivity index (χ0n) is 8.55. The fourth-order valence-corrected chi connectivity index (χ4v) is 1.25. The van der Waals surface area contributed by atoms with E-state index in [0.717, 1.165) is 18.0 Å². The van der Waals surface area contributed by atoms with Crippen LogP contribution in [-0.2, 0) is 4.74 Å². The maximum absolute atomic E-state index is 10.2. The van der Waals surface area contributed by atoms with Crippen LogP contribution in [0.25, 0.3) is 0 Å². The number of hydrazine groups is 2. The lowest BCUT2D eigenvalue weighted by atomic mass is 10.1. The lowest BCUT2D eigenvalue weighted by molar-refractivity contribution is -0.526. The van der Waals surface area contributed by atoms with Gasteiger partial charge in [-0.2, -0.15) is 0 Å². The molecule has 8 nitrogen and oxygen atoms in total. The highest BCUT2D eigenvalue weighted by atomic mass is 16.7. The summed E-state index contributed by atoms with van der Waals surface area (Å²) in [6.45, 7) is 1.87. The summed E-state index contributed by atoms with van der Waals surface area (Å²) in [5.41, 5.74) is 1.94. The molecule has 1 heterocycles. The highest BCUT2D eigenvalue weighted by Crippen LogP contribution is 2.12. The Bertz CT molecular complexity index is 249. The minimum atomic E-state index is -0.687. The summed E-state index contributed by atoms with van der Waals surface area (Å²) in [5.74, 6) is 5.75. The molecule has 8 heteroatoms. The first-order chi connectivity index (χ1) is 7.09. The first kappa shape index (κ1) is 11.7. The topological polar surface area (TPSA) is 106 Å². The summed E-state index contributed by atoms with van der Waals surface area (Å²) in [5, 5.41) is 10.6. The van der Waals surface area contributed by atoms with Gasteiger partial charge in [0.25, 0.3) is 5.96 Å². The number of rotatable bonds is 3. The molecule has 0 aliphatic carbocycles. The smallest absolute Gasteiger partial charge is 0.270 e. The largest absolute Gasteiger partial charge is 0.381 e. The molecule has 0 aromatic carbocycles. The van der Waals surface area contributed by atoms with E-state index in [1.165, 1.54) is 7.05 Å². The van der Waals surface area contributed by atoms with E-state index in [4.69, 9.17) is 10.6 Å². The molecule has 0 aromatic heterocycles. The SMILES string of the molecule is CN(N)C(=NCC1CCOC1)N[N+](=O)[O-]. The standard InChI is InChI=1S/C7H15N5O3/c1-11(8)7(10-12(13)14)9-4-6-2-3-15-5-6/h6H,2-5,8H2,1H3,(H,9,10). The Hall–Kier alpha value is -1.41. The van der Waals surface area contributed by atoms with E-state index >= 15 is 0 Å². The molecule has 86 valence electrons. The Morgan fingerprint density at radius 1 is 1.87 bits per heavy atom. The minimum absolute atomic E-state index is 0.0481. The van der Waals surface area contributed by atoms with Gasteiger partial charge in [-0.1, -0.05) is 5.43 Å². The number of hydrogen-bond donors (Lipinski definition) is 2. The number of aliphatic imine (C=N–C) groups is 1. The Balaban J connectivity index is 2.46. The number of nitrogens with one attached hydrogen (secondary N) is 1. The average Bonchev–Trinajstić information content (AvgIpc) is 2.63. The van der Waals surface area contributed by atoms with Crippen LogP contribution in [0.5, 0.6) is 0 Å². The van der Waals surface area contributed by atoms with Crippen molar-refractivity contribution in [3.8, 4) is 0 Å². The van der Waals surface area contributed by atoms with Gasteiger partial charge in [0, 0.05) is 26.1 Å². The summed E-state index contributed by atoms with van der Waals surface area (Å²) in [4.78, 5) is 14.2. The predicted molar refractivity (Wildman–Crippen MR) is 53.3 cm³/mol. The molecule has 15 heavy (non-hydrogen) atoms. The molecule has 0 aromatic rings. The van der Waals surface area contributed by atoms with Crippen molar-refractivity contribution in [3.05, 3.63) is 10.1 Å². The Kier molecular flexibility index (Phi) is 4.25. The van der Waals surface area contributed by atoms with E-state index in [0.29, 0.717) is 19.1 Å². The van der Waals surface area contributed by atoms with Crippen molar-refractivity contribution in [2.45, 2.75) is 6.42 Å². The first-order valence-corrected chi connectivity index (χ1v) is 4.61. The van der Waals surface area contributed by atoms with E-state index in [2.05, 4.69) is 4.99 Å². The van der Waals surface area contributed by atoms with Gasteiger partial charge in [-0.05, 0) is 6.42 Å². The van der Waals surface area contributed by atoms with Crippen molar-refractivity contribution in [1.82, 2.24) is 10.4 Å². The molecular weight excluding hydrogens is 202 g/mol.